The van der Waals surface area contributed by atoms with Crippen LogP contribution in [0, 0.1) is 0 Å². The third kappa shape index (κ3) is 4.10. The highest BCUT2D eigenvalue weighted by atomic mass is 35.5. The SMILES string of the molecule is COc1ccc(-c2noc(COC(=O)c3ccc(Cl)c(Cl)c3)n2)cc1. The highest BCUT2D eigenvalue weighted by Crippen LogP contribution is 2.23. The van der Waals surface area contributed by atoms with Gasteiger partial charge in [-0.1, -0.05) is 28.4 Å². The molecule has 25 heavy (non-hydrogen) atoms. The maximum absolute atomic E-state index is 12.0. The minimum Gasteiger partial charge on any atom is -0.497 e. The fourth-order valence-electron chi connectivity index (χ4n) is 2.00. The number of carbonyl (C=O) groups is 1. The normalized spacial score (nSPS) is 10.5. The molecule has 0 saturated heterocycles. The number of benzene rings is 2. The summed E-state index contributed by atoms with van der Waals surface area (Å²) in [5.41, 5.74) is 1.04. The topological polar surface area (TPSA) is 74.5 Å². The molecule has 2 aromatic carbocycles. The van der Waals surface area contributed by atoms with Gasteiger partial charge in [-0.2, -0.15) is 4.98 Å². The maximum atomic E-state index is 12.0. The second kappa shape index (κ2) is 7.55. The Labute approximate surface area is 153 Å². The second-order valence-corrected chi connectivity index (χ2v) is 5.76. The lowest BCUT2D eigenvalue weighted by atomic mass is 10.2. The molecule has 0 radical (unpaired) electrons. The standard InChI is InChI=1S/C17H12Cl2N2O4/c1-23-12-5-2-10(3-6-12)16-20-15(25-21-16)9-24-17(22)11-4-7-13(18)14(19)8-11/h2-8H,9H2,1H3. The number of hydrogen-bond donors (Lipinski definition) is 0. The van der Waals surface area contributed by atoms with E-state index in [-0.39, 0.29) is 23.1 Å². The molecule has 1 heterocycles. The fraction of sp³-hybridized carbons (Fsp3) is 0.118. The Hall–Kier alpha value is -2.57. The molecule has 0 amide bonds. The summed E-state index contributed by atoms with van der Waals surface area (Å²) in [6, 6.07) is 11.7. The number of aromatic nitrogens is 2. The Morgan fingerprint density at radius 1 is 1.12 bits per heavy atom. The van der Waals surface area contributed by atoms with Gasteiger partial charge >= 0.3 is 5.97 Å². The zero-order chi connectivity index (χ0) is 17.8. The zero-order valence-electron chi connectivity index (χ0n) is 13.0. The molecule has 0 aliphatic heterocycles. The first-order valence-electron chi connectivity index (χ1n) is 7.16. The van der Waals surface area contributed by atoms with Gasteiger partial charge in [-0.15, -0.1) is 0 Å². The van der Waals surface area contributed by atoms with E-state index in [1.807, 2.05) is 0 Å². The molecule has 8 heteroatoms. The number of carbonyl (C=O) groups excluding carboxylic acids is 1. The summed E-state index contributed by atoms with van der Waals surface area (Å²) in [6.45, 7) is -0.151. The number of halogens is 2. The average Bonchev–Trinajstić information content (AvgIpc) is 3.11. The van der Waals surface area contributed by atoms with Crippen LogP contribution in [0.15, 0.2) is 47.0 Å². The highest BCUT2D eigenvalue weighted by Gasteiger charge is 2.13. The zero-order valence-corrected chi connectivity index (χ0v) is 14.5. The van der Waals surface area contributed by atoms with Crippen LogP contribution >= 0.6 is 23.2 Å². The van der Waals surface area contributed by atoms with Gasteiger partial charge in [0.25, 0.3) is 5.89 Å². The molecule has 0 bridgehead atoms. The van der Waals surface area contributed by atoms with E-state index in [2.05, 4.69) is 10.1 Å². The number of methoxy groups -OCH3 is 1. The van der Waals surface area contributed by atoms with Gasteiger partial charge in [0.15, 0.2) is 6.61 Å². The van der Waals surface area contributed by atoms with E-state index in [1.165, 1.54) is 18.2 Å². The molecule has 0 aliphatic rings. The second-order valence-electron chi connectivity index (χ2n) is 4.95. The lowest BCUT2D eigenvalue weighted by Crippen LogP contribution is -2.05. The first-order valence-corrected chi connectivity index (χ1v) is 7.91. The van der Waals surface area contributed by atoms with Gasteiger partial charge in [-0.05, 0) is 42.5 Å². The minimum absolute atomic E-state index is 0.151. The van der Waals surface area contributed by atoms with Crippen LogP contribution in [0.2, 0.25) is 10.0 Å². The van der Waals surface area contributed by atoms with Gasteiger partial charge in [-0.3, -0.25) is 0 Å². The molecular formula is C17H12Cl2N2O4. The van der Waals surface area contributed by atoms with E-state index < -0.39 is 5.97 Å². The number of esters is 1. The van der Waals surface area contributed by atoms with Crippen molar-refractivity contribution in [2.24, 2.45) is 0 Å². The lowest BCUT2D eigenvalue weighted by molar-refractivity contribution is 0.0430. The van der Waals surface area contributed by atoms with E-state index in [0.29, 0.717) is 10.8 Å². The van der Waals surface area contributed by atoms with Gasteiger partial charge in [0.1, 0.15) is 5.75 Å². The van der Waals surface area contributed by atoms with E-state index >= 15 is 0 Å². The summed E-state index contributed by atoms with van der Waals surface area (Å²) in [7, 11) is 1.59. The van der Waals surface area contributed by atoms with Crippen molar-refractivity contribution in [2.75, 3.05) is 7.11 Å². The summed E-state index contributed by atoms with van der Waals surface area (Å²) < 4.78 is 15.3. The van der Waals surface area contributed by atoms with Crippen LogP contribution in [0.5, 0.6) is 5.75 Å². The molecule has 0 fully saturated rings. The monoisotopic (exact) mass is 378 g/mol. The number of ether oxygens (including phenoxy) is 2. The van der Waals surface area contributed by atoms with E-state index in [9.17, 15) is 4.79 Å². The van der Waals surface area contributed by atoms with Crippen LogP contribution in [0.3, 0.4) is 0 Å². The van der Waals surface area contributed by atoms with E-state index in [4.69, 9.17) is 37.2 Å². The van der Waals surface area contributed by atoms with Crippen LogP contribution in [-0.4, -0.2) is 23.2 Å². The predicted octanol–water partition coefficient (Wildman–Crippen LogP) is 4.41. The summed E-state index contributed by atoms with van der Waals surface area (Å²) >= 11 is 11.7. The van der Waals surface area contributed by atoms with Crippen molar-refractivity contribution in [3.05, 3.63) is 64.0 Å². The van der Waals surface area contributed by atoms with Crippen molar-refractivity contribution in [2.45, 2.75) is 6.61 Å². The molecule has 6 nitrogen and oxygen atoms in total. The quantitative estimate of drug-likeness (QED) is 0.612. The summed E-state index contributed by atoms with van der Waals surface area (Å²) in [4.78, 5) is 16.2. The molecular weight excluding hydrogens is 367 g/mol. The summed E-state index contributed by atoms with van der Waals surface area (Å²) in [5.74, 6) is 0.730. The third-order valence-electron chi connectivity index (χ3n) is 3.30. The van der Waals surface area contributed by atoms with Gasteiger partial charge in [0.2, 0.25) is 5.82 Å². The Balaban J connectivity index is 1.64. The van der Waals surface area contributed by atoms with Crippen LogP contribution in [0.4, 0.5) is 0 Å². The Morgan fingerprint density at radius 2 is 1.88 bits per heavy atom. The van der Waals surface area contributed by atoms with Gasteiger partial charge in [-0.25, -0.2) is 4.79 Å². The number of hydrogen-bond acceptors (Lipinski definition) is 6. The maximum Gasteiger partial charge on any atom is 0.338 e. The van der Waals surface area contributed by atoms with Crippen molar-refractivity contribution in [3.63, 3.8) is 0 Å². The summed E-state index contributed by atoms with van der Waals surface area (Å²) in [5, 5.41) is 4.50. The molecule has 3 rings (SSSR count). The Morgan fingerprint density at radius 3 is 2.56 bits per heavy atom. The van der Waals surface area contributed by atoms with Gasteiger partial charge in [0, 0.05) is 5.56 Å². The molecule has 0 saturated carbocycles. The van der Waals surface area contributed by atoms with Crippen LogP contribution in [0.1, 0.15) is 16.2 Å². The van der Waals surface area contributed by atoms with Crippen molar-refractivity contribution in [1.29, 1.82) is 0 Å². The van der Waals surface area contributed by atoms with Crippen molar-refractivity contribution in [3.8, 4) is 17.1 Å². The number of rotatable bonds is 5. The Kier molecular flexibility index (Phi) is 5.21. The van der Waals surface area contributed by atoms with E-state index in [1.54, 1.807) is 31.4 Å². The fourth-order valence-corrected chi connectivity index (χ4v) is 2.30. The van der Waals surface area contributed by atoms with Crippen molar-refractivity contribution in [1.82, 2.24) is 10.1 Å². The van der Waals surface area contributed by atoms with Crippen LogP contribution in [-0.2, 0) is 11.3 Å². The van der Waals surface area contributed by atoms with Crippen molar-refractivity contribution < 1.29 is 18.8 Å². The number of nitrogens with zero attached hydrogens (tertiary/aromatic N) is 2. The molecule has 0 aliphatic carbocycles. The minimum atomic E-state index is -0.567. The van der Waals surface area contributed by atoms with Crippen LogP contribution in [0.25, 0.3) is 11.4 Å². The molecule has 0 N–H and O–H groups in total. The summed E-state index contributed by atoms with van der Waals surface area (Å²) in [6.07, 6.45) is 0. The third-order valence-corrected chi connectivity index (χ3v) is 4.04. The first-order chi connectivity index (χ1) is 12.1. The molecule has 0 unspecified atom stereocenters. The molecule has 0 atom stereocenters. The first kappa shape index (κ1) is 17.3. The van der Waals surface area contributed by atoms with Crippen molar-refractivity contribution >= 4 is 29.2 Å². The smallest absolute Gasteiger partial charge is 0.338 e. The molecule has 0 spiro atoms. The lowest BCUT2D eigenvalue weighted by Gasteiger charge is -2.03. The van der Waals surface area contributed by atoms with Crippen LogP contribution < -0.4 is 4.74 Å². The predicted molar refractivity (Wildman–Crippen MR) is 91.9 cm³/mol. The largest absolute Gasteiger partial charge is 0.497 e. The van der Waals surface area contributed by atoms with E-state index in [0.717, 1.165) is 11.3 Å². The Bertz CT molecular complexity index is 894. The molecule has 1 aromatic heterocycles. The van der Waals surface area contributed by atoms with Gasteiger partial charge in [0.05, 0.1) is 22.7 Å². The molecule has 128 valence electrons. The van der Waals surface area contributed by atoms with Gasteiger partial charge < -0.3 is 14.0 Å². The highest BCUT2D eigenvalue weighted by molar-refractivity contribution is 6.42. The average molecular weight is 379 g/mol. The molecule has 3 aromatic rings.